The van der Waals surface area contributed by atoms with Crippen molar-refractivity contribution in [3.05, 3.63) is 0 Å². The summed E-state index contributed by atoms with van der Waals surface area (Å²) >= 11 is 0. The molecule has 1 rings (SSSR count). The van der Waals surface area contributed by atoms with Crippen LogP contribution in [0.15, 0.2) is 0 Å². The number of amides is 1. The van der Waals surface area contributed by atoms with Crippen molar-refractivity contribution in [3.8, 4) is 6.07 Å². The minimum Gasteiger partial charge on any atom is -0.444 e. The lowest BCUT2D eigenvalue weighted by atomic mass is 9.98. The van der Waals surface area contributed by atoms with Gasteiger partial charge in [-0.15, -0.1) is 0 Å². The van der Waals surface area contributed by atoms with Gasteiger partial charge in [-0.2, -0.15) is 5.26 Å². The van der Waals surface area contributed by atoms with Gasteiger partial charge in [0.05, 0.1) is 23.5 Å². The van der Waals surface area contributed by atoms with Crippen molar-refractivity contribution in [1.82, 2.24) is 5.32 Å². The van der Waals surface area contributed by atoms with Crippen LogP contribution in [0.4, 0.5) is 4.79 Å². The molecule has 0 unspecified atom stereocenters. The van der Waals surface area contributed by atoms with Gasteiger partial charge in [-0.1, -0.05) is 0 Å². The van der Waals surface area contributed by atoms with Crippen molar-refractivity contribution in [3.63, 3.8) is 0 Å². The first-order chi connectivity index (χ1) is 8.13. The molecule has 6 nitrogen and oxygen atoms in total. The van der Waals surface area contributed by atoms with Gasteiger partial charge < -0.3 is 10.1 Å². The van der Waals surface area contributed by atoms with Gasteiger partial charge in [-0.3, -0.25) is 0 Å². The second kappa shape index (κ2) is 5.14. The van der Waals surface area contributed by atoms with Crippen LogP contribution in [0.5, 0.6) is 0 Å². The first-order valence-electron chi connectivity index (χ1n) is 5.70. The summed E-state index contributed by atoms with van der Waals surface area (Å²) in [6.45, 7) is 5.37. The van der Waals surface area contributed by atoms with Gasteiger partial charge in [-0.05, 0) is 20.8 Å². The average molecular weight is 274 g/mol. The number of nitrogens with zero attached hydrogens (tertiary/aromatic N) is 1. The van der Waals surface area contributed by atoms with Crippen LogP contribution in [0.1, 0.15) is 20.8 Å². The Labute approximate surface area is 107 Å². The number of hydrogen-bond donors (Lipinski definition) is 1. The highest BCUT2D eigenvalue weighted by atomic mass is 32.2. The van der Waals surface area contributed by atoms with Crippen molar-refractivity contribution in [1.29, 1.82) is 5.26 Å². The third-order valence-electron chi connectivity index (χ3n) is 2.54. The number of carbonyl (C=O) groups is 1. The molecule has 1 aliphatic heterocycles. The van der Waals surface area contributed by atoms with E-state index in [1.54, 1.807) is 20.8 Å². The SMILES string of the molecule is CC(C)(C)OC(=O)NC[C@@H]1CS(=O)(=O)C[C@@H]1C#N. The van der Waals surface area contributed by atoms with Crippen molar-refractivity contribution in [2.75, 3.05) is 18.1 Å². The number of ether oxygens (including phenoxy) is 1. The summed E-state index contributed by atoms with van der Waals surface area (Å²) in [5.41, 5.74) is -0.597. The molecule has 1 amide bonds. The first-order valence-corrected chi connectivity index (χ1v) is 7.52. The van der Waals surface area contributed by atoms with E-state index in [1.807, 2.05) is 6.07 Å². The van der Waals surface area contributed by atoms with Gasteiger partial charge in [0.2, 0.25) is 0 Å². The summed E-state index contributed by atoms with van der Waals surface area (Å²) in [6.07, 6.45) is -0.594. The first kappa shape index (κ1) is 14.8. The van der Waals surface area contributed by atoms with Crippen LogP contribution in [-0.4, -0.2) is 38.2 Å². The second-order valence-electron chi connectivity index (χ2n) is 5.46. The third-order valence-corrected chi connectivity index (χ3v) is 4.35. The summed E-state index contributed by atoms with van der Waals surface area (Å²) in [5.74, 6) is -1.08. The zero-order valence-electron chi connectivity index (χ0n) is 10.8. The summed E-state index contributed by atoms with van der Waals surface area (Å²) in [6, 6.07) is 1.97. The molecule has 102 valence electrons. The predicted molar refractivity (Wildman–Crippen MR) is 65.5 cm³/mol. The van der Waals surface area contributed by atoms with Gasteiger partial charge >= 0.3 is 6.09 Å². The molecule has 1 saturated heterocycles. The molecule has 0 bridgehead atoms. The predicted octanol–water partition coefficient (Wildman–Crippen LogP) is 0.695. The number of carbonyl (C=O) groups excluding carboxylic acids is 1. The third kappa shape index (κ3) is 4.53. The molecule has 7 heteroatoms. The van der Waals surface area contributed by atoms with E-state index in [-0.39, 0.29) is 24.0 Å². The maximum atomic E-state index is 11.4. The van der Waals surface area contributed by atoms with E-state index in [4.69, 9.17) is 10.00 Å². The highest BCUT2D eigenvalue weighted by Gasteiger charge is 2.37. The molecule has 0 aromatic carbocycles. The molecule has 0 aromatic rings. The maximum absolute atomic E-state index is 11.4. The van der Waals surface area contributed by atoms with Crippen LogP contribution in [0, 0.1) is 23.2 Å². The fraction of sp³-hybridized carbons (Fsp3) is 0.818. The standard InChI is InChI=1S/C11H18N2O4S/c1-11(2,3)17-10(14)13-5-9-7-18(15,16)6-8(9)4-12/h8-9H,5-7H2,1-3H3,(H,13,14)/t8-,9+/m0/s1. The van der Waals surface area contributed by atoms with E-state index in [0.717, 1.165) is 0 Å². The Morgan fingerprint density at radius 2 is 2.06 bits per heavy atom. The minimum atomic E-state index is -3.15. The summed E-state index contributed by atoms with van der Waals surface area (Å²) in [7, 11) is -3.15. The largest absolute Gasteiger partial charge is 0.444 e. The Balaban J connectivity index is 2.49. The molecule has 1 aliphatic rings. The summed E-state index contributed by atoms with van der Waals surface area (Å²) in [5, 5.41) is 11.4. The topological polar surface area (TPSA) is 96.3 Å². The van der Waals surface area contributed by atoms with Crippen LogP contribution in [-0.2, 0) is 14.6 Å². The fourth-order valence-corrected chi connectivity index (χ4v) is 3.82. The van der Waals surface area contributed by atoms with Gasteiger partial charge in [-0.25, -0.2) is 13.2 Å². The molecular weight excluding hydrogens is 256 g/mol. The van der Waals surface area contributed by atoms with Crippen LogP contribution >= 0.6 is 0 Å². The molecule has 0 radical (unpaired) electrons. The zero-order valence-corrected chi connectivity index (χ0v) is 11.6. The van der Waals surface area contributed by atoms with E-state index < -0.39 is 27.4 Å². The molecule has 0 spiro atoms. The molecule has 18 heavy (non-hydrogen) atoms. The van der Waals surface area contributed by atoms with E-state index in [2.05, 4.69) is 5.32 Å². The lowest BCUT2D eigenvalue weighted by molar-refractivity contribution is 0.0519. The highest BCUT2D eigenvalue weighted by Crippen LogP contribution is 2.24. The summed E-state index contributed by atoms with van der Waals surface area (Å²) in [4.78, 5) is 11.4. The van der Waals surface area contributed by atoms with Crippen molar-refractivity contribution in [2.45, 2.75) is 26.4 Å². The Bertz CT molecular complexity index is 458. The Morgan fingerprint density at radius 3 is 2.56 bits per heavy atom. The lowest BCUT2D eigenvalue weighted by Crippen LogP contribution is -2.36. The second-order valence-corrected chi connectivity index (χ2v) is 7.61. The van der Waals surface area contributed by atoms with E-state index >= 15 is 0 Å². The van der Waals surface area contributed by atoms with Crippen molar-refractivity contribution >= 4 is 15.9 Å². The molecule has 1 N–H and O–H groups in total. The molecule has 0 aromatic heterocycles. The van der Waals surface area contributed by atoms with E-state index in [9.17, 15) is 13.2 Å². The molecule has 1 fully saturated rings. The van der Waals surface area contributed by atoms with Crippen molar-refractivity contribution < 1.29 is 17.9 Å². The smallest absolute Gasteiger partial charge is 0.407 e. The molecule has 2 atom stereocenters. The van der Waals surface area contributed by atoms with Crippen molar-refractivity contribution in [2.24, 2.45) is 11.8 Å². The molecular formula is C11H18N2O4S. The minimum absolute atomic E-state index is 0.0545. The van der Waals surface area contributed by atoms with Crippen LogP contribution in [0.25, 0.3) is 0 Å². The summed E-state index contributed by atoms with van der Waals surface area (Å²) < 4.78 is 27.8. The maximum Gasteiger partial charge on any atom is 0.407 e. The average Bonchev–Trinajstić information content (AvgIpc) is 2.47. The molecule has 0 saturated carbocycles. The van der Waals surface area contributed by atoms with Gasteiger partial charge in [0.15, 0.2) is 9.84 Å². The van der Waals surface area contributed by atoms with E-state index in [0.29, 0.717) is 0 Å². The van der Waals surface area contributed by atoms with Crippen LogP contribution in [0.2, 0.25) is 0 Å². The number of nitriles is 1. The number of rotatable bonds is 2. The quantitative estimate of drug-likeness (QED) is 0.799. The van der Waals surface area contributed by atoms with Gasteiger partial charge in [0.1, 0.15) is 5.60 Å². The lowest BCUT2D eigenvalue weighted by Gasteiger charge is -2.20. The zero-order chi connectivity index (χ0) is 14.0. The normalized spacial score (nSPS) is 26.3. The number of hydrogen-bond acceptors (Lipinski definition) is 5. The molecule has 0 aliphatic carbocycles. The Morgan fingerprint density at radius 1 is 1.44 bits per heavy atom. The molecule has 1 heterocycles. The highest BCUT2D eigenvalue weighted by molar-refractivity contribution is 7.91. The number of sulfone groups is 1. The van der Waals surface area contributed by atoms with Gasteiger partial charge in [0.25, 0.3) is 0 Å². The fourth-order valence-electron chi connectivity index (χ4n) is 1.79. The Kier molecular flexibility index (Phi) is 4.22. The van der Waals surface area contributed by atoms with Crippen LogP contribution < -0.4 is 5.32 Å². The number of alkyl carbamates (subject to hydrolysis) is 1. The number of nitrogens with one attached hydrogen (secondary N) is 1. The van der Waals surface area contributed by atoms with Gasteiger partial charge in [0, 0.05) is 12.5 Å². The monoisotopic (exact) mass is 274 g/mol. The van der Waals surface area contributed by atoms with Crippen LogP contribution in [0.3, 0.4) is 0 Å². The van der Waals surface area contributed by atoms with E-state index in [1.165, 1.54) is 0 Å². The Hall–Kier alpha value is -1.29.